The number of hydrazine groups is 1. The highest BCUT2D eigenvalue weighted by atomic mass is 16.5. The molecule has 0 bridgehead atoms. The first-order valence-electron chi connectivity index (χ1n) is 6.70. The van der Waals surface area contributed by atoms with Gasteiger partial charge in [-0.1, -0.05) is 25.9 Å². The normalized spacial score (nSPS) is 11.5. The first-order chi connectivity index (χ1) is 9.81. The zero-order valence-electron chi connectivity index (χ0n) is 13.0. The Labute approximate surface area is 123 Å². The molecule has 0 aliphatic carbocycles. The fraction of sp³-hybridized carbons (Fsp3) is 0.538. The SMILES string of the molecule is Cc1nc(CNc2nc(C(C)(C)C)nc(NN)c2C)no1. The second kappa shape index (κ2) is 5.65. The number of nitrogens with two attached hydrogens (primary N) is 1. The predicted molar refractivity (Wildman–Crippen MR) is 79.6 cm³/mol. The Morgan fingerprint density at radius 1 is 1.10 bits per heavy atom. The maximum atomic E-state index is 5.53. The maximum Gasteiger partial charge on any atom is 0.223 e. The van der Waals surface area contributed by atoms with E-state index in [1.165, 1.54) is 0 Å². The van der Waals surface area contributed by atoms with Gasteiger partial charge in [-0.15, -0.1) is 0 Å². The predicted octanol–water partition coefficient (Wildman–Crippen LogP) is 1.67. The minimum Gasteiger partial charge on any atom is -0.362 e. The van der Waals surface area contributed by atoms with Crippen molar-refractivity contribution in [3.63, 3.8) is 0 Å². The zero-order chi connectivity index (χ0) is 15.6. The molecule has 0 aliphatic heterocycles. The molecule has 2 aromatic rings. The quantitative estimate of drug-likeness (QED) is 0.575. The Morgan fingerprint density at radius 3 is 2.29 bits per heavy atom. The molecule has 114 valence electrons. The standard InChI is InChI=1S/C13H21N7O/c1-7-10(15-6-9-16-8(2)21-20-9)17-12(13(3,4)5)18-11(7)19-14/h6,14H2,1-5H3,(H2,15,17,18,19). The summed E-state index contributed by atoms with van der Waals surface area (Å²) in [6.45, 7) is 10.2. The van der Waals surface area contributed by atoms with Crippen molar-refractivity contribution in [3.8, 4) is 0 Å². The molecule has 8 nitrogen and oxygen atoms in total. The van der Waals surface area contributed by atoms with E-state index in [0.717, 1.165) is 5.56 Å². The summed E-state index contributed by atoms with van der Waals surface area (Å²) in [5, 5.41) is 7.04. The summed E-state index contributed by atoms with van der Waals surface area (Å²) in [4.78, 5) is 13.2. The highest BCUT2D eigenvalue weighted by Crippen LogP contribution is 2.25. The van der Waals surface area contributed by atoms with E-state index in [1.807, 2.05) is 27.7 Å². The van der Waals surface area contributed by atoms with Gasteiger partial charge in [0.1, 0.15) is 17.5 Å². The van der Waals surface area contributed by atoms with Gasteiger partial charge in [0.25, 0.3) is 0 Å². The summed E-state index contributed by atoms with van der Waals surface area (Å²) in [6, 6.07) is 0. The number of aromatic nitrogens is 4. The van der Waals surface area contributed by atoms with Gasteiger partial charge < -0.3 is 15.3 Å². The number of nitrogen functional groups attached to an aromatic ring is 1. The summed E-state index contributed by atoms with van der Waals surface area (Å²) < 4.78 is 4.94. The molecule has 0 radical (unpaired) electrons. The third-order valence-corrected chi connectivity index (χ3v) is 2.94. The number of nitrogens with zero attached hydrogens (tertiary/aromatic N) is 4. The molecule has 0 unspecified atom stereocenters. The van der Waals surface area contributed by atoms with Gasteiger partial charge in [0.2, 0.25) is 5.89 Å². The zero-order valence-corrected chi connectivity index (χ0v) is 13.0. The van der Waals surface area contributed by atoms with Gasteiger partial charge in [0.15, 0.2) is 5.82 Å². The van der Waals surface area contributed by atoms with Crippen LogP contribution in [0.4, 0.5) is 11.6 Å². The monoisotopic (exact) mass is 291 g/mol. The van der Waals surface area contributed by atoms with Crippen LogP contribution < -0.4 is 16.6 Å². The van der Waals surface area contributed by atoms with Gasteiger partial charge in [0.05, 0.1) is 6.54 Å². The van der Waals surface area contributed by atoms with Crippen LogP contribution in [0, 0.1) is 13.8 Å². The van der Waals surface area contributed by atoms with Crippen molar-refractivity contribution >= 4 is 11.6 Å². The topological polar surface area (TPSA) is 115 Å². The molecule has 2 aromatic heterocycles. The molecule has 2 rings (SSSR count). The highest BCUT2D eigenvalue weighted by Gasteiger charge is 2.21. The minimum atomic E-state index is -0.182. The Bertz CT molecular complexity index is 630. The second-order valence-corrected chi connectivity index (χ2v) is 5.85. The van der Waals surface area contributed by atoms with Crippen LogP contribution in [0.3, 0.4) is 0 Å². The number of aryl methyl sites for hydroxylation is 1. The van der Waals surface area contributed by atoms with Crippen LogP contribution in [0.1, 0.15) is 43.9 Å². The van der Waals surface area contributed by atoms with Gasteiger partial charge in [-0.05, 0) is 6.92 Å². The lowest BCUT2D eigenvalue weighted by molar-refractivity contribution is 0.388. The van der Waals surface area contributed by atoms with E-state index >= 15 is 0 Å². The number of nitrogens with one attached hydrogen (secondary N) is 2. The summed E-state index contributed by atoms with van der Waals surface area (Å²) in [5.41, 5.74) is 3.27. The van der Waals surface area contributed by atoms with Crippen LogP contribution in [0.2, 0.25) is 0 Å². The van der Waals surface area contributed by atoms with Gasteiger partial charge in [-0.25, -0.2) is 15.8 Å². The number of hydrogen-bond donors (Lipinski definition) is 3. The number of anilines is 2. The Kier molecular flexibility index (Phi) is 4.08. The van der Waals surface area contributed by atoms with E-state index < -0.39 is 0 Å². The first-order valence-corrected chi connectivity index (χ1v) is 6.70. The number of rotatable bonds is 4. The molecule has 21 heavy (non-hydrogen) atoms. The second-order valence-electron chi connectivity index (χ2n) is 5.85. The van der Waals surface area contributed by atoms with E-state index in [2.05, 4.69) is 30.9 Å². The van der Waals surface area contributed by atoms with Crippen molar-refractivity contribution in [1.29, 1.82) is 0 Å². The van der Waals surface area contributed by atoms with Crippen LogP contribution in [0.25, 0.3) is 0 Å². The molecule has 2 heterocycles. The minimum absolute atomic E-state index is 0.182. The summed E-state index contributed by atoms with van der Waals surface area (Å²) >= 11 is 0. The van der Waals surface area contributed by atoms with Crippen molar-refractivity contribution in [2.75, 3.05) is 10.7 Å². The molecule has 0 saturated carbocycles. The maximum absolute atomic E-state index is 5.53. The van der Waals surface area contributed by atoms with Crippen LogP contribution in [-0.2, 0) is 12.0 Å². The molecule has 0 saturated heterocycles. The van der Waals surface area contributed by atoms with Crippen molar-refractivity contribution in [2.45, 2.75) is 46.6 Å². The lowest BCUT2D eigenvalue weighted by Gasteiger charge is -2.20. The largest absolute Gasteiger partial charge is 0.362 e. The average Bonchev–Trinajstić information content (AvgIpc) is 2.82. The molecule has 0 amide bonds. The van der Waals surface area contributed by atoms with Crippen LogP contribution in [0.15, 0.2) is 4.52 Å². The van der Waals surface area contributed by atoms with E-state index in [4.69, 9.17) is 10.4 Å². The highest BCUT2D eigenvalue weighted by molar-refractivity contribution is 5.57. The third kappa shape index (κ3) is 3.46. The molecule has 0 fully saturated rings. The molecule has 0 aliphatic rings. The van der Waals surface area contributed by atoms with Crippen LogP contribution >= 0.6 is 0 Å². The fourth-order valence-electron chi connectivity index (χ4n) is 1.74. The molecule has 0 spiro atoms. The average molecular weight is 291 g/mol. The van der Waals surface area contributed by atoms with E-state index in [-0.39, 0.29) is 5.41 Å². The van der Waals surface area contributed by atoms with Gasteiger partial charge in [0, 0.05) is 17.9 Å². The van der Waals surface area contributed by atoms with Gasteiger partial charge in [-0.3, -0.25) is 0 Å². The molecule has 0 atom stereocenters. The van der Waals surface area contributed by atoms with Crippen molar-refractivity contribution in [3.05, 3.63) is 23.1 Å². The molecule has 0 aromatic carbocycles. The lowest BCUT2D eigenvalue weighted by atomic mass is 9.95. The van der Waals surface area contributed by atoms with Crippen LogP contribution in [-0.4, -0.2) is 20.1 Å². The summed E-state index contributed by atoms with van der Waals surface area (Å²) in [7, 11) is 0. The van der Waals surface area contributed by atoms with Gasteiger partial charge in [-0.2, -0.15) is 4.98 Å². The molecule has 4 N–H and O–H groups in total. The van der Waals surface area contributed by atoms with E-state index in [0.29, 0.717) is 35.7 Å². The number of hydrogen-bond acceptors (Lipinski definition) is 8. The van der Waals surface area contributed by atoms with Crippen LogP contribution in [0.5, 0.6) is 0 Å². The Hall–Kier alpha value is -2.22. The van der Waals surface area contributed by atoms with Crippen molar-refractivity contribution < 1.29 is 4.52 Å². The van der Waals surface area contributed by atoms with Crippen molar-refractivity contribution in [1.82, 2.24) is 20.1 Å². The lowest BCUT2D eigenvalue weighted by Crippen LogP contribution is -2.21. The first kappa shape index (κ1) is 15.2. The Morgan fingerprint density at radius 2 is 1.76 bits per heavy atom. The molecular weight excluding hydrogens is 270 g/mol. The molecular formula is C13H21N7O. The summed E-state index contributed by atoms with van der Waals surface area (Å²) in [6.07, 6.45) is 0. The molecule has 8 heteroatoms. The fourth-order valence-corrected chi connectivity index (χ4v) is 1.74. The van der Waals surface area contributed by atoms with Gasteiger partial charge >= 0.3 is 0 Å². The van der Waals surface area contributed by atoms with E-state index in [1.54, 1.807) is 6.92 Å². The summed E-state index contributed by atoms with van der Waals surface area (Å²) in [5.74, 6) is 8.64. The third-order valence-electron chi connectivity index (χ3n) is 2.94. The van der Waals surface area contributed by atoms with E-state index in [9.17, 15) is 0 Å². The Balaban J connectivity index is 2.28. The van der Waals surface area contributed by atoms with Crippen molar-refractivity contribution in [2.24, 2.45) is 5.84 Å². The smallest absolute Gasteiger partial charge is 0.223 e.